The van der Waals surface area contributed by atoms with Gasteiger partial charge in [-0.2, -0.15) is 5.57 Å². The Balaban J connectivity index is -0.000000168. The monoisotopic (exact) mass is 315 g/mol. The van der Waals surface area contributed by atoms with Crippen LogP contribution < -0.4 is 0 Å². The molecule has 0 bridgehead atoms. The van der Waals surface area contributed by atoms with Crippen LogP contribution in [-0.4, -0.2) is 15.1 Å². The van der Waals surface area contributed by atoms with E-state index in [4.69, 9.17) is 5.73 Å². The fourth-order valence-corrected chi connectivity index (χ4v) is 0.620. The van der Waals surface area contributed by atoms with Crippen LogP contribution >= 0.6 is 0 Å². The van der Waals surface area contributed by atoms with Crippen LogP contribution in [0.25, 0.3) is 5.73 Å². The second kappa shape index (κ2) is 12.0. The molecule has 0 aromatic heterocycles. The van der Waals surface area contributed by atoms with E-state index in [0.717, 1.165) is 6.42 Å². The van der Waals surface area contributed by atoms with Gasteiger partial charge in [-0.25, -0.2) is 11.6 Å². The van der Waals surface area contributed by atoms with E-state index in [1.54, 1.807) is 0 Å². The summed E-state index contributed by atoms with van der Waals surface area (Å²) in [5.74, 6) is 0. The van der Waals surface area contributed by atoms with Gasteiger partial charge in [0.2, 0.25) is 0 Å². The summed E-state index contributed by atoms with van der Waals surface area (Å²) in [5.41, 5.74) is 9.53. The van der Waals surface area contributed by atoms with E-state index in [0.29, 0.717) is 9.52 Å². The molecular weight excluding hydrogens is 289 g/mol. The number of rotatable bonds is 0. The maximum Gasteiger partial charge on any atom is 2.00 e. The van der Waals surface area contributed by atoms with Crippen molar-refractivity contribution in [2.75, 3.05) is 0 Å². The maximum atomic E-state index is 6.94. The van der Waals surface area contributed by atoms with Crippen LogP contribution in [0.15, 0.2) is 17.2 Å². The SMILES string of the molecule is CC(C)(C)[NH-].CC1=C(C)C[C-]=C1.C[SiH2]C.[Zr+2]. The van der Waals surface area contributed by atoms with Crippen LogP contribution in [0, 0.1) is 6.08 Å². The Morgan fingerprint density at radius 3 is 1.62 bits per heavy atom. The fourth-order valence-electron chi connectivity index (χ4n) is 0.620. The largest absolute Gasteiger partial charge is 2.00 e. The average molecular weight is 317 g/mol. The summed E-state index contributed by atoms with van der Waals surface area (Å²) < 4.78 is 0. The van der Waals surface area contributed by atoms with Crippen LogP contribution in [0.3, 0.4) is 0 Å². The van der Waals surface area contributed by atoms with Gasteiger partial charge in [-0.3, -0.25) is 6.08 Å². The molecule has 0 atom stereocenters. The molecule has 1 rings (SSSR count). The zero-order valence-corrected chi connectivity index (χ0v) is 15.9. The van der Waals surface area contributed by atoms with Crippen molar-refractivity contribution in [1.82, 2.24) is 0 Å². The Bertz CT molecular complexity index is 208. The third-order valence-corrected chi connectivity index (χ3v) is 1.36. The van der Waals surface area contributed by atoms with Crippen molar-refractivity contribution in [2.24, 2.45) is 0 Å². The van der Waals surface area contributed by atoms with Gasteiger partial charge < -0.3 is 5.73 Å². The molecule has 0 radical (unpaired) electrons. The van der Waals surface area contributed by atoms with Gasteiger partial charge in [0.15, 0.2) is 0 Å². The Morgan fingerprint density at radius 2 is 1.56 bits per heavy atom. The van der Waals surface area contributed by atoms with Crippen molar-refractivity contribution in [3.8, 4) is 0 Å². The smallest absolute Gasteiger partial charge is 0.673 e. The first-order valence-corrected chi connectivity index (χ1v) is 8.53. The molecule has 1 nitrogen and oxygen atoms in total. The predicted molar refractivity (Wildman–Crippen MR) is 75.2 cm³/mol. The molecule has 0 spiro atoms. The Morgan fingerprint density at radius 1 is 1.25 bits per heavy atom. The first kappa shape index (κ1) is 21.8. The summed E-state index contributed by atoms with van der Waals surface area (Å²) in [7, 11) is 0.417. The van der Waals surface area contributed by atoms with Crippen LogP contribution in [-0.2, 0) is 26.2 Å². The number of nitrogens with one attached hydrogen (secondary N) is 1. The van der Waals surface area contributed by atoms with Crippen molar-refractivity contribution >= 4 is 9.52 Å². The summed E-state index contributed by atoms with van der Waals surface area (Å²) in [6.45, 7) is 14.4. The van der Waals surface area contributed by atoms with Crippen molar-refractivity contribution in [3.05, 3.63) is 29.0 Å². The molecule has 92 valence electrons. The zero-order chi connectivity index (χ0) is 12.5. The van der Waals surface area contributed by atoms with E-state index in [1.165, 1.54) is 11.1 Å². The van der Waals surface area contributed by atoms with E-state index in [1.807, 2.05) is 20.8 Å². The van der Waals surface area contributed by atoms with Gasteiger partial charge in [-0.1, -0.05) is 40.8 Å². The van der Waals surface area contributed by atoms with Crippen molar-refractivity contribution in [3.63, 3.8) is 0 Å². The Labute approximate surface area is 124 Å². The summed E-state index contributed by atoms with van der Waals surface area (Å²) in [4.78, 5) is 0. The van der Waals surface area contributed by atoms with Crippen LogP contribution in [0.4, 0.5) is 0 Å². The van der Waals surface area contributed by atoms with E-state index < -0.39 is 0 Å². The Hall–Kier alpha value is 0.540. The molecule has 1 aliphatic rings. The molecule has 16 heavy (non-hydrogen) atoms. The minimum atomic E-state index is -0.250. The second-order valence-corrected chi connectivity index (χ2v) is 6.36. The van der Waals surface area contributed by atoms with Gasteiger partial charge in [0, 0.05) is 9.52 Å². The first-order chi connectivity index (χ1) is 6.72. The minimum absolute atomic E-state index is 0. The Kier molecular flexibility index (Phi) is 16.4. The van der Waals surface area contributed by atoms with E-state index in [9.17, 15) is 0 Å². The molecule has 1 aliphatic carbocycles. The minimum Gasteiger partial charge on any atom is -0.673 e. The summed E-state index contributed by atoms with van der Waals surface area (Å²) in [6.07, 6.45) is 6.22. The normalized spacial score (nSPS) is 13.2. The van der Waals surface area contributed by atoms with Crippen LogP contribution in [0.2, 0.25) is 13.1 Å². The topological polar surface area (TPSA) is 23.8 Å². The molecule has 0 fully saturated rings. The zero-order valence-electron chi connectivity index (χ0n) is 12.0. The van der Waals surface area contributed by atoms with Crippen LogP contribution in [0.1, 0.15) is 41.0 Å². The molecule has 0 heterocycles. The van der Waals surface area contributed by atoms with Crippen molar-refractivity contribution < 1.29 is 26.2 Å². The number of hydrogen-bond donors (Lipinski definition) is 0. The molecule has 0 aromatic rings. The van der Waals surface area contributed by atoms with Gasteiger partial charge in [0.05, 0.1) is 0 Å². The second-order valence-electron chi connectivity index (χ2n) is 4.95. The van der Waals surface area contributed by atoms with Gasteiger partial charge in [0.25, 0.3) is 0 Å². The molecule has 1 N–H and O–H groups in total. The quantitative estimate of drug-likeness (QED) is 0.473. The standard InChI is InChI=1S/C7H9.C4H10N.C2H8Si.Zr/c1-6-4-3-5-7(6)2;1-4(2,3)5;1-3-2;/h4H,5H2,1-2H3;5H,1-3H3;3H2,1-2H3;/q2*-1;;+2. The fraction of sp³-hybridized carbons (Fsp3) is 0.692. The van der Waals surface area contributed by atoms with Crippen molar-refractivity contribution in [2.45, 2.75) is 59.7 Å². The summed E-state index contributed by atoms with van der Waals surface area (Å²) in [6, 6.07) is 0. The number of hydrogen-bond acceptors (Lipinski definition) is 0. The molecule has 3 heteroatoms. The third-order valence-electron chi connectivity index (χ3n) is 1.36. The summed E-state index contributed by atoms with van der Waals surface area (Å²) in [5, 5.41) is 0. The van der Waals surface area contributed by atoms with E-state index in [-0.39, 0.29) is 31.7 Å². The van der Waals surface area contributed by atoms with Gasteiger partial charge in [-0.05, 0) is 0 Å². The molecule has 0 aliphatic heterocycles. The molecule has 0 saturated carbocycles. The van der Waals surface area contributed by atoms with Gasteiger partial charge in [-0.15, -0.1) is 18.9 Å². The first-order valence-electron chi connectivity index (χ1n) is 5.70. The predicted octanol–water partition coefficient (Wildman–Crippen LogP) is 4.17. The average Bonchev–Trinajstić information content (AvgIpc) is 2.34. The molecule has 0 saturated heterocycles. The molecule has 0 unspecified atom stereocenters. The molecular formula is C13H27NSiZr. The van der Waals surface area contributed by atoms with E-state index >= 15 is 0 Å². The summed E-state index contributed by atoms with van der Waals surface area (Å²) >= 11 is 0. The van der Waals surface area contributed by atoms with Crippen LogP contribution in [0.5, 0.6) is 0 Å². The third kappa shape index (κ3) is 24.0. The van der Waals surface area contributed by atoms with Gasteiger partial charge in [0.1, 0.15) is 0 Å². The van der Waals surface area contributed by atoms with Crippen molar-refractivity contribution in [1.29, 1.82) is 0 Å². The molecule has 0 aromatic carbocycles. The number of allylic oxidation sites excluding steroid dienone is 4. The molecule has 0 amide bonds. The van der Waals surface area contributed by atoms with Gasteiger partial charge >= 0.3 is 26.2 Å². The van der Waals surface area contributed by atoms with E-state index in [2.05, 4.69) is 39.1 Å². The maximum absolute atomic E-state index is 6.94.